The molecule has 2 atom stereocenters. The summed E-state index contributed by atoms with van der Waals surface area (Å²) < 4.78 is 9.83. The third-order valence-electron chi connectivity index (χ3n) is 2.20. The molecule has 16 heavy (non-hydrogen) atoms. The summed E-state index contributed by atoms with van der Waals surface area (Å²) in [5.74, 6) is -0.512. The molecule has 0 saturated heterocycles. The Morgan fingerprint density at radius 2 is 2.06 bits per heavy atom. The molecule has 1 heterocycles. The molecule has 1 aromatic rings. The highest BCUT2D eigenvalue weighted by Gasteiger charge is 2.25. The minimum absolute atomic E-state index is 0.271. The second-order valence-electron chi connectivity index (χ2n) is 3.37. The van der Waals surface area contributed by atoms with E-state index in [2.05, 4.69) is 0 Å². The van der Waals surface area contributed by atoms with Gasteiger partial charge in [0.2, 0.25) is 6.29 Å². The molecular weight excluding hydrogens is 208 g/mol. The second kappa shape index (κ2) is 4.92. The average Bonchev–Trinajstić information content (AvgIpc) is 2.33. The highest BCUT2D eigenvalue weighted by atomic mass is 16.6. The van der Waals surface area contributed by atoms with Crippen molar-refractivity contribution in [1.29, 1.82) is 0 Å². The Morgan fingerprint density at radius 3 is 2.75 bits per heavy atom. The summed E-state index contributed by atoms with van der Waals surface area (Å²) in [5, 5.41) is 11.3. The van der Waals surface area contributed by atoms with Crippen molar-refractivity contribution in [2.24, 2.45) is 0 Å². The molecule has 4 heteroatoms. The molecule has 83 valence electrons. The molecule has 0 bridgehead atoms. The molecule has 1 radical (unpaired) electrons. The summed E-state index contributed by atoms with van der Waals surface area (Å²) in [5.41, 5.74) is 0.425. The zero-order valence-corrected chi connectivity index (χ0v) is 8.54. The van der Waals surface area contributed by atoms with Crippen LogP contribution in [0.25, 0.3) is 0 Å². The van der Waals surface area contributed by atoms with Crippen molar-refractivity contribution in [3.05, 3.63) is 48.0 Å². The Bertz CT molecular complexity index is 385. The molecule has 1 aromatic carbocycles. The summed E-state index contributed by atoms with van der Waals surface area (Å²) >= 11 is 0. The first kappa shape index (κ1) is 10.9. The lowest BCUT2D eigenvalue weighted by atomic mass is 10.2. The van der Waals surface area contributed by atoms with Crippen LogP contribution in [0.3, 0.4) is 0 Å². The maximum atomic E-state index is 11.6. The van der Waals surface area contributed by atoms with E-state index in [1.54, 1.807) is 42.5 Å². The smallest absolute Gasteiger partial charge is 0.338 e. The normalized spacial score (nSPS) is 24.1. The lowest BCUT2D eigenvalue weighted by molar-refractivity contribution is -0.182. The lowest BCUT2D eigenvalue weighted by Crippen LogP contribution is -2.33. The van der Waals surface area contributed by atoms with Gasteiger partial charge in [0.25, 0.3) is 0 Å². The molecule has 0 aliphatic carbocycles. The molecule has 0 amide bonds. The number of ether oxygens (including phenoxy) is 2. The first-order valence-corrected chi connectivity index (χ1v) is 4.97. The first-order chi connectivity index (χ1) is 7.77. The van der Waals surface area contributed by atoms with E-state index in [0.717, 1.165) is 0 Å². The predicted octanol–water partition coefficient (Wildman–Crippen LogP) is 1.56. The van der Waals surface area contributed by atoms with Crippen molar-refractivity contribution >= 4 is 5.97 Å². The zero-order valence-electron chi connectivity index (χ0n) is 8.54. The van der Waals surface area contributed by atoms with Crippen LogP contribution in [0.15, 0.2) is 42.5 Å². The number of carbonyl (C=O) groups is 1. The zero-order chi connectivity index (χ0) is 11.4. The monoisotopic (exact) mass is 219 g/mol. The third-order valence-corrected chi connectivity index (χ3v) is 2.20. The topological polar surface area (TPSA) is 55.4 Å². The van der Waals surface area contributed by atoms with Gasteiger partial charge in [0, 0.05) is 0 Å². The molecule has 1 aliphatic heterocycles. The molecular formula is C12H11O4. The predicted molar refractivity (Wildman–Crippen MR) is 55.2 cm³/mol. The van der Waals surface area contributed by atoms with E-state index in [9.17, 15) is 9.90 Å². The molecule has 2 unspecified atom stereocenters. The quantitative estimate of drug-likeness (QED) is 0.560. The molecule has 1 aliphatic rings. The first-order valence-electron chi connectivity index (χ1n) is 4.97. The summed E-state index contributed by atoms with van der Waals surface area (Å²) in [6.45, 7) is 0.271. The Kier molecular flexibility index (Phi) is 3.34. The van der Waals surface area contributed by atoms with Gasteiger partial charge in [-0.05, 0) is 18.2 Å². The molecule has 0 spiro atoms. The van der Waals surface area contributed by atoms with Crippen LogP contribution in [0.2, 0.25) is 0 Å². The van der Waals surface area contributed by atoms with Crippen molar-refractivity contribution in [3.8, 4) is 0 Å². The number of hydrogen-bond donors (Lipinski definition) is 0. The van der Waals surface area contributed by atoms with E-state index in [-0.39, 0.29) is 6.61 Å². The van der Waals surface area contributed by atoms with Gasteiger partial charge in [-0.15, -0.1) is 0 Å². The van der Waals surface area contributed by atoms with Crippen molar-refractivity contribution in [1.82, 2.24) is 0 Å². The second-order valence-corrected chi connectivity index (χ2v) is 3.37. The minimum Gasteiger partial charge on any atom is -0.449 e. The molecule has 0 fully saturated rings. The Labute approximate surface area is 93.1 Å². The Morgan fingerprint density at radius 1 is 1.31 bits per heavy atom. The maximum absolute atomic E-state index is 11.6. The van der Waals surface area contributed by atoms with Gasteiger partial charge in [0.15, 0.2) is 6.10 Å². The number of benzene rings is 1. The van der Waals surface area contributed by atoms with Crippen LogP contribution in [-0.4, -0.2) is 25.0 Å². The van der Waals surface area contributed by atoms with Gasteiger partial charge in [0.05, 0.1) is 12.2 Å². The van der Waals surface area contributed by atoms with E-state index < -0.39 is 18.4 Å². The van der Waals surface area contributed by atoms with E-state index in [0.29, 0.717) is 5.56 Å². The van der Waals surface area contributed by atoms with Gasteiger partial charge in [-0.3, -0.25) is 0 Å². The van der Waals surface area contributed by atoms with Gasteiger partial charge >= 0.3 is 5.97 Å². The van der Waals surface area contributed by atoms with Gasteiger partial charge in [-0.2, -0.15) is 5.11 Å². The van der Waals surface area contributed by atoms with Crippen molar-refractivity contribution in [2.75, 3.05) is 6.61 Å². The third kappa shape index (κ3) is 2.48. The fraction of sp³-hybridized carbons (Fsp3) is 0.250. The summed E-state index contributed by atoms with van der Waals surface area (Å²) in [4.78, 5) is 11.6. The van der Waals surface area contributed by atoms with Crippen LogP contribution >= 0.6 is 0 Å². The fourth-order valence-corrected chi connectivity index (χ4v) is 1.39. The maximum Gasteiger partial charge on any atom is 0.338 e. The van der Waals surface area contributed by atoms with Crippen LogP contribution < -0.4 is 0 Å². The van der Waals surface area contributed by atoms with Crippen molar-refractivity contribution in [3.63, 3.8) is 0 Å². The Balaban J connectivity index is 2.02. The van der Waals surface area contributed by atoms with Crippen molar-refractivity contribution in [2.45, 2.75) is 12.4 Å². The SMILES string of the molecule is [O]C1OCC=CC1OC(=O)c1ccccc1. The molecule has 2 rings (SSSR count). The highest BCUT2D eigenvalue weighted by Crippen LogP contribution is 2.12. The van der Waals surface area contributed by atoms with Crippen LogP contribution in [0.1, 0.15) is 10.4 Å². The summed E-state index contributed by atoms with van der Waals surface area (Å²) in [6.07, 6.45) is 1.04. The van der Waals surface area contributed by atoms with Gasteiger partial charge in [-0.25, -0.2) is 4.79 Å². The number of esters is 1. The van der Waals surface area contributed by atoms with Gasteiger partial charge in [-0.1, -0.05) is 24.3 Å². The van der Waals surface area contributed by atoms with Gasteiger partial charge in [0.1, 0.15) is 0 Å². The summed E-state index contributed by atoms with van der Waals surface area (Å²) in [7, 11) is 0. The largest absolute Gasteiger partial charge is 0.449 e. The number of rotatable bonds is 2. The fourth-order valence-electron chi connectivity index (χ4n) is 1.39. The van der Waals surface area contributed by atoms with Crippen LogP contribution in [0.5, 0.6) is 0 Å². The molecule has 0 saturated carbocycles. The van der Waals surface area contributed by atoms with Crippen LogP contribution in [0.4, 0.5) is 0 Å². The van der Waals surface area contributed by atoms with E-state index >= 15 is 0 Å². The average molecular weight is 219 g/mol. The van der Waals surface area contributed by atoms with Crippen molar-refractivity contribution < 1.29 is 19.4 Å². The summed E-state index contributed by atoms with van der Waals surface area (Å²) in [6, 6.07) is 8.54. The van der Waals surface area contributed by atoms with Crippen LogP contribution in [0, 0.1) is 0 Å². The minimum atomic E-state index is -1.34. The van der Waals surface area contributed by atoms with E-state index in [4.69, 9.17) is 9.47 Å². The molecule has 0 aromatic heterocycles. The number of carbonyl (C=O) groups excluding carboxylic acids is 1. The number of hydrogen-bond acceptors (Lipinski definition) is 3. The van der Waals surface area contributed by atoms with E-state index in [1.807, 2.05) is 0 Å². The highest BCUT2D eigenvalue weighted by molar-refractivity contribution is 5.89. The molecule has 4 nitrogen and oxygen atoms in total. The van der Waals surface area contributed by atoms with Gasteiger partial charge < -0.3 is 9.47 Å². The lowest BCUT2D eigenvalue weighted by Gasteiger charge is -2.21. The van der Waals surface area contributed by atoms with Crippen LogP contribution in [-0.2, 0) is 14.6 Å². The standard InChI is InChI=1S/C12H11O4/c13-11(9-5-2-1-3-6-9)16-10-7-4-8-15-12(10)14/h1-7,10,12H,8H2. The van der Waals surface area contributed by atoms with E-state index in [1.165, 1.54) is 0 Å². The molecule has 0 N–H and O–H groups in total. The Hall–Kier alpha value is -1.65.